The molecule has 2 atom stereocenters. The molecule has 0 radical (unpaired) electrons. The van der Waals surface area contributed by atoms with Gasteiger partial charge in [-0.1, -0.05) is 51.5 Å². The van der Waals surface area contributed by atoms with Gasteiger partial charge in [-0.05, 0) is 30.4 Å². The first-order valence-corrected chi connectivity index (χ1v) is 7.42. The van der Waals surface area contributed by atoms with Crippen LogP contribution in [0.5, 0.6) is 0 Å². The van der Waals surface area contributed by atoms with Crippen molar-refractivity contribution in [2.75, 3.05) is 7.11 Å². The zero-order chi connectivity index (χ0) is 15.1. The number of aryl methyl sites for hydroxylation is 1. The molecule has 1 rings (SSSR count). The van der Waals surface area contributed by atoms with Crippen LogP contribution in [0, 0.1) is 5.92 Å². The molecular weight excluding hydrogens is 250 g/mol. The highest BCUT2D eigenvalue weighted by atomic mass is 16.5. The summed E-state index contributed by atoms with van der Waals surface area (Å²) < 4.78 is 4.86. The van der Waals surface area contributed by atoms with Gasteiger partial charge in [0.05, 0.1) is 7.11 Å². The number of carbonyl (C=O) groups is 1. The summed E-state index contributed by atoms with van der Waals surface area (Å²) >= 11 is 0. The lowest BCUT2D eigenvalue weighted by Gasteiger charge is -2.24. The van der Waals surface area contributed by atoms with Gasteiger partial charge in [0.25, 0.3) is 0 Å². The number of methoxy groups -OCH3 is 1. The molecule has 3 heteroatoms. The molecule has 0 saturated carbocycles. The molecule has 112 valence electrons. The van der Waals surface area contributed by atoms with Crippen LogP contribution in [-0.2, 0) is 16.0 Å². The van der Waals surface area contributed by atoms with E-state index in [1.54, 1.807) is 0 Å². The summed E-state index contributed by atoms with van der Waals surface area (Å²) in [5.41, 5.74) is 2.55. The molecule has 0 fully saturated rings. The van der Waals surface area contributed by atoms with Crippen LogP contribution in [0.15, 0.2) is 24.3 Å². The van der Waals surface area contributed by atoms with Crippen LogP contribution in [0.1, 0.15) is 51.3 Å². The quantitative estimate of drug-likeness (QED) is 0.775. The zero-order valence-electron chi connectivity index (χ0n) is 13.3. The van der Waals surface area contributed by atoms with E-state index in [4.69, 9.17) is 4.74 Å². The smallest absolute Gasteiger partial charge is 0.323 e. The van der Waals surface area contributed by atoms with Gasteiger partial charge in [-0.15, -0.1) is 0 Å². The summed E-state index contributed by atoms with van der Waals surface area (Å²) in [6.07, 6.45) is 2.27. The van der Waals surface area contributed by atoms with Crippen molar-refractivity contribution in [1.82, 2.24) is 5.32 Å². The van der Waals surface area contributed by atoms with Crippen molar-refractivity contribution in [3.05, 3.63) is 35.4 Å². The lowest BCUT2D eigenvalue weighted by Crippen LogP contribution is -2.42. The maximum atomic E-state index is 11.8. The predicted octanol–water partition coefficient (Wildman–Crippen LogP) is 3.49. The van der Waals surface area contributed by atoms with Gasteiger partial charge in [-0.2, -0.15) is 0 Å². The maximum Gasteiger partial charge on any atom is 0.323 e. The molecule has 0 bridgehead atoms. The Hall–Kier alpha value is -1.35. The Kier molecular flexibility index (Phi) is 6.73. The van der Waals surface area contributed by atoms with Gasteiger partial charge in [-0.25, -0.2) is 0 Å². The molecule has 0 spiro atoms. The summed E-state index contributed by atoms with van der Waals surface area (Å²) in [5, 5.41) is 3.36. The van der Waals surface area contributed by atoms with E-state index in [0.717, 1.165) is 12.8 Å². The highest BCUT2D eigenvalue weighted by molar-refractivity contribution is 5.76. The van der Waals surface area contributed by atoms with Crippen molar-refractivity contribution in [3.63, 3.8) is 0 Å². The third-order valence-corrected chi connectivity index (χ3v) is 3.57. The van der Waals surface area contributed by atoms with Gasteiger partial charge in [0.1, 0.15) is 6.04 Å². The first-order chi connectivity index (χ1) is 9.49. The molecule has 0 aliphatic heterocycles. The Morgan fingerprint density at radius 1 is 1.20 bits per heavy atom. The molecule has 1 aromatic rings. The Morgan fingerprint density at radius 3 is 2.25 bits per heavy atom. The summed E-state index contributed by atoms with van der Waals surface area (Å²) in [7, 11) is 1.43. The first kappa shape index (κ1) is 16.7. The summed E-state index contributed by atoms with van der Waals surface area (Å²) in [6, 6.07) is 8.45. The van der Waals surface area contributed by atoms with Gasteiger partial charge in [0.2, 0.25) is 0 Å². The molecule has 0 aromatic heterocycles. The molecule has 1 unspecified atom stereocenters. The second kappa shape index (κ2) is 8.05. The molecular formula is C17H27NO2. The Balaban J connectivity index is 2.73. The van der Waals surface area contributed by atoms with Crippen molar-refractivity contribution in [3.8, 4) is 0 Å². The number of esters is 1. The number of hydrogen-bond donors (Lipinski definition) is 1. The number of hydrogen-bond acceptors (Lipinski definition) is 3. The summed E-state index contributed by atoms with van der Waals surface area (Å²) in [6.45, 7) is 8.30. The van der Waals surface area contributed by atoms with Crippen molar-refractivity contribution in [2.45, 2.75) is 52.6 Å². The SMILES string of the molecule is CCCc1ccc(C(C)N[C@H](C(=O)OC)C(C)C)cc1. The number of nitrogens with one attached hydrogen (secondary N) is 1. The third-order valence-electron chi connectivity index (χ3n) is 3.57. The fraction of sp³-hybridized carbons (Fsp3) is 0.588. The lowest BCUT2D eigenvalue weighted by atomic mass is 10.00. The number of ether oxygens (including phenoxy) is 1. The van der Waals surface area contributed by atoms with Crippen LogP contribution in [0.3, 0.4) is 0 Å². The maximum absolute atomic E-state index is 11.8. The molecule has 0 heterocycles. The molecule has 1 aromatic carbocycles. The van der Waals surface area contributed by atoms with Gasteiger partial charge >= 0.3 is 5.97 Å². The Morgan fingerprint density at radius 2 is 1.80 bits per heavy atom. The molecule has 0 amide bonds. The second-order valence-electron chi connectivity index (χ2n) is 5.62. The zero-order valence-corrected chi connectivity index (χ0v) is 13.3. The highest BCUT2D eigenvalue weighted by Gasteiger charge is 2.24. The van der Waals surface area contributed by atoms with E-state index in [9.17, 15) is 4.79 Å². The van der Waals surface area contributed by atoms with Crippen molar-refractivity contribution < 1.29 is 9.53 Å². The topological polar surface area (TPSA) is 38.3 Å². The van der Waals surface area contributed by atoms with Crippen LogP contribution in [-0.4, -0.2) is 19.1 Å². The normalized spacial score (nSPS) is 14.1. The average molecular weight is 277 g/mol. The standard InChI is InChI=1S/C17H27NO2/c1-6-7-14-8-10-15(11-9-14)13(4)18-16(12(2)3)17(19)20-5/h8-13,16,18H,6-7H2,1-5H3/t13?,16-/m0/s1. The van der Waals surface area contributed by atoms with Gasteiger partial charge < -0.3 is 4.74 Å². The Labute approximate surface area is 122 Å². The fourth-order valence-corrected chi connectivity index (χ4v) is 2.29. The monoisotopic (exact) mass is 277 g/mol. The molecule has 0 aliphatic carbocycles. The van der Waals surface area contributed by atoms with Crippen LogP contribution in [0.4, 0.5) is 0 Å². The minimum absolute atomic E-state index is 0.122. The first-order valence-electron chi connectivity index (χ1n) is 7.42. The number of rotatable bonds is 7. The third kappa shape index (κ3) is 4.64. The van der Waals surface area contributed by atoms with E-state index in [-0.39, 0.29) is 24.0 Å². The van der Waals surface area contributed by atoms with E-state index in [0.29, 0.717) is 0 Å². The van der Waals surface area contributed by atoms with Gasteiger partial charge in [-0.3, -0.25) is 10.1 Å². The summed E-state index contributed by atoms with van der Waals surface area (Å²) in [4.78, 5) is 11.8. The van der Waals surface area contributed by atoms with Crippen molar-refractivity contribution >= 4 is 5.97 Å². The van der Waals surface area contributed by atoms with E-state index in [1.165, 1.54) is 18.2 Å². The minimum atomic E-state index is -0.273. The summed E-state index contributed by atoms with van der Waals surface area (Å²) in [5.74, 6) is -0.00119. The minimum Gasteiger partial charge on any atom is -0.468 e. The lowest BCUT2D eigenvalue weighted by molar-refractivity contribution is -0.144. The molecule has 0 saturated heterocycles. The van der Waals surface area contributed by atoms with E-state index < -0.39 is 0 Å². The van der Waals surface area contributed by atoms with Crippen LogP contribution in [0.25, 0.3) is 0 Å². The predicted molar refractivity (Wildman–Crippen MR) is 82.6 cm³/mol. The van der Waals surface area contributed by atoms with E-state index in [2.05, 4.69) is 43.4 Å². The van der Waals surface area contributed by atoms with Gasteiger partial charge in [0, 0.05) is 6.04 Å². The van der Waals surface area contributed by atoms with Crippen molar-refractivity contribution in [2.24, 2.45) is 5.92 Å². The van der Waals surface area contributed by atoms with Crippen LogP contribution < -0.4 is 5.32 Å². The van der Waals surface area contributed by atoms with E-state index in [1.807, 2.05) is 13.8 Å². The van der Waals surface area contributed by atoms with Gasteiger partial charge in [0.15, 0.2) is 0 Å². The molecule has 1 N–H and O–H groups in total. The Bertz CT molecular complexity index is 412. The highest BCUT2D eigenvalue weighted by Crippen LogP contribution is 2.17. The van der Waals surface area contributed by atoms with Crippen LogP contribution >= 0.6 is 0 Å². The van der Waals surface area contributed by atoms with Crippen LogP contribution in [0.2, 0.25) is 0 Å². The van der Waals surface area contributed by atoms with E-state index >= 15 is 0 Å². The molecule has 3 nitrogen and oxygen atoms in total. The number of carbonyl (C=O) groups excluding carboxylic acids is 1. The molecule has 0 aliphatic rings. The number of benzene rings is 1. The van der Waals surface area contributed by atoms with Crippen molar-refractivity contribution in [1.29, 1.82) is 0 Å². The molecule has 20 heavy (non-hydrogen) atoms. The fourth-order valence-electron chi connectivity index (χ4n) is 2.29. The largest absolute Gasteiger partial charge is 0.468 e. The average Bonchev–Trinajstić information content (AvgIpc) is 2.44. The second-order valence-corrected chi connectivity index (χ2v) is 5.62.